The van der Waals surface area contributed by atoms with E-state index in [1.54, 1.807) is 12.3 Å². The van der Waals surface area contributed by atoms with E-state index >= 15 is 0 Å². The van der Waals surface area contributed by atoms with Crippen LogP contribution in [-0.2, 0) is 0 Å². The first-order valence-corrected chi connectivity index (χ1v) is 10.9. The first-order valence-electron chi connectivity index (χ1n) is 10.9. The minimum atomic E-state index is 0.448. The van der Waals surface area contributed by atoms with E-state index in [1.807, 2.05) is 89.3 Å². The molecule has 0 aliphatic carbocycles. The highest BCUT2D eigenvalue weighted by Crippen LogP contribution is 2.25. The Morgan fingerprint density at radius 3 is 2.03 bits per heavy atom. The molecule has 1 aromatic heterocycles. The molecule has 0 fully saturated rings. The molecule has 166 valence electrons. The quantitative estimate of drug-likeness (QED) is 0.430. The molecule has 0 aliphatic rings. The Balaban J connectivity index is 0. The van der Waals surface area contributed by atoms with Crippen LogP contribution >= 0.6 is 0 Å². The van der Waals surface area contributed by atoms with Gasteiger partial charge in [0.25, 0.3) is 0 Å². The third-order valence-corrected chi connectivity index (χ3v) is 3.69. The van der Waals surface area contributed by atoms with E-state index in [0.29, 0.717) is 11.9 Å². The van der Waals surface area contributed by atoms with E-state index in [-0.39, 0.29) is 0 Å². The van der Waals surface area contributed by atoms with Crippen LogP contribution in [0.2, 0.25) is 0 Å². The summed E-state index contributed by atoms with van der Waals surface area (Å²) in [5.41, 5.74) is 1.31. The van der Waals surface area contributed by atoms with Crippen molar-refractivity contribution in [2.75, 3.05) is 14.1 Å². The topological polar surface area (TPSA) is 25.4 Å². The van der Waals surface area contributed by atoms with E-state index in [4.69, 9.17) is 4.74 Å². The molecule has 30 heavy (non-hydrogen) atoms. The number of hydrogen-bond donors (Lipinski definition) is 0. The number of pyridine rings is 1. The fourth-order valence-electron chi connectivity index (χ4n) is 2.44. The summed E-state index contributed by atoms with van der Waals surface area (Å²) in [6.07, 6.45) is 12.3. The van der Waals surface area contributed by atoms with Gasteiger partial charge in [-0.05, 0) is 51.2 Å². The molecule has 1 aromatic carbocycles. The van der Waals surface area contributed by atoms with Crippen LogP contribution in [-0.4, -0.2) is 24.0 Å². The number of ether oxygens (including phenoxy) is 1. The van der Waals surface area contributed by atoms with Gasteiger partial charge in [-0.3, -0.25) is 0 Å². The van der Waals surface area contributed by atoms with Crippen LogP contribution in [0.1, 0.15) is 59.6 Å². The lowest BCUT2D eigenvalue weighted by atomic mass is 10.0. The maximum absolute atomic E-state index is 5.68. The number of nitrogens with zero attached hydrogens (tertiary/aromatic N) is 2. The summed E-state index contributed by atoms with van der Waals surface area (Å²) in [5.74, 6) is 1.44. The Bertz CT molecular complexity index is 674. The van der Waals surface area contributed by atoms with Gasteiger partial charge < -0.3 is 9.64 Å². The zero-order valence-corrected chi connectivity index (χ0v) is 20.3. The monoisotopic (exact) mass is 410 g/mol. The summed E-state index contributed by atoms with van der Waals surface area (Å²) in [5, 5.41) is 0. The van der Waals surface area contributed by atoms with E-state index in [2.05, 4.69) is 49.6 Å². The minimum Gasteiger partial charge on any atom is -0.439 e. The third kappa shape index (κ3) is 13.5. The Hall–Kier alpha value is -2.65. The summed E-state index contributed by atoms with van der Waals surface area (Å²) in [6, 6.07) is 14.3. The molecule has 0 saturated carbocycles. The maximum Gasteiger partial charge on any atom is 0.219 e. The van der Waals surface area contributed by atoms with Gasteiger partial charge >= 0.3 is 0 Å². The lowest BCUT2D eigenvalue weighted by Crippen LogP contribution is -2.18. The van der Waals surface area contributed by atoms with Crippen LogP contribution in [0.25, 0.3) is 0 Å². The van der Waals surface area contributed by atoms with Crippen molar-refractivity contribution in [1.82, 2.24) is 9.88 Å². The summed E-state index contributed by atoms with van der Waals surface area (Å²) in [6.45, 7) is 15.7. The highest BCUT2D eigenvalue weighted by molar-refractivity contribution is 5.31. The third-order valence-electron chi connectivity index (χ3n) is 3.69. The van der Waals surface area contributed by atoms with E-state index < -0.39 is 0 Å². The summed E-state index contributed by atoms with van der Waals surface area (Å²) >= 11 is 0. The average molecular weight is 411 g/mol. The van der Waals surface area contributed by atoms with Gasteiger partial charge in [-0.2, -0.15) is 0 Å². The zero-order chi connectivity index (χ0) is 23.2. The van der Waals surface area contributed by atoms with E-state index in [1.165, 1.54) is 5.56 Å². The number of hydrogen-bond acceptors (Lipinski definition) is 3. The Morgan fingerprint density at radius 2 is 1.60 bits per heavy atom. The molecule has 0 radical (unpaired) electrons. The first-order chi connectivity index (χ1) is 14.6. The fourth-order valence-corrected chi connectivity index (χ4v) is 2.44. The fraction of sp³-hybridized carbons (Fsp3) is 0.370. The van der Waals surface area contributed by atoms with Crippen LogP contribution in [0.4, 0.5) is 0 Å². The Kier molecular flexibility index (Phi) is 20.8. The van der Waals surface area contributed by atoms with Crippen molar-refractivity contribution in [3.8, 4) is 11.6 Å². The zero-order valence-electron chi connectivity index (χ0n) is 20.3. The number of rotatable bonds is 7. The number of allylic oxidation sites excluding steroid dienone is 5. The van der Waals surface area contributed by atoms with Crippen molar-refractivity contribution >= 4 is 0 Å². The number of benzene rings is 1. The lowest BCUT2D eigenvalue weighted by Gasteiger charge is -2.23. The number of aromatic nitrogens is 1. The van der Waals surface area contributed by atoms with E-state index in [9.17, 15) is 0 Å². The molecule has 1 heterocycles. The molecule has 3 heteroatoms. The average Bonchev–Trinajstić information content (AvgIpc) is 2.79. The van der Waals surface area contributed by atoms with Crippen molar-refractivity contribution in [3.05, 3.63) is 91.2 Å². The van der Waals surface area contributed by atoms with Gasteiger partial charge in [0.2, 0.25) is 5.88 Å². The van der Waals surface area contributed by atoms with E-state index in [0.717, 1.165) is 12.2 Å². The molecule has 1 unspecified atom stereocenters. The van der Waals surface area contributed by atoms with Gasteiger partial charge in [0.1, 0.15) is 5.75 Å². The van der Waals surface area contributed by atoms with Crippen molar-refractivity contribution < 1.29 is 4.74 Å². The second-order valence-corrected chi connectivity index (χ2v) is 5.87. The largest absolute Gasteiger partial charge is 0.439 e. The second kappa shape index (κ2) is 21.1. The van der Waals surface area contributed by atoms with Crippen molar-refractivity contribution in [3.63, 3.8) is 0 Å². The smallest absolute Gasteiger partial charge is 0.219 e. The summed E-state index contributed by atoms with van der Waals surface area (Å²) in [7, 11) is 4.21. The molecule has 0 bridgehead atoms. The molecule has 0 aliphatic heterocycles. The van der Waals surface area contributed by atoms with Crippen LogP contribution in [0.15, 0.2) is 85.6 Å². The normalized spacial score (nSPS) is 10.8. The van der Waals surface area contributed by atoms with Gasteiger partial charge in [-0.25, -0.2) is 4.98 Å². The highest BCUT2D eigenvalue weighted by atomic mass is 16.5. The van der Waals surface area contributed by atoms with Gasteiger partial charge in [0.05, 0.1) is 0 Å². The van der Waals surface area contributed by atoms with Gasteiger partial charge in [-0.1, -0.05) is 89.8 Å². The molecule has 0 amide bonds. The molecule has 0 spiro atoms. The molecule has 1 atom stereocenters. The second-order valence-electron chi connectivity index (χ2n) is 5.87. The molecule has 2 aromatic rings. The highest BCUT2D eigenvalue weighted by Gasteiger charge is 2.11. The first kappa shape index (κ1) is 29.6. The van der Waals surface area contributed by atoms with Crippen molar-refractivity contribution in [2.24, 2.45) is 0 Å². The van der Waals surface area contributed by atoms with Gasteiger partial charge in [-0.15, -0.1) is 0 Å². The van der Waals surface area contributed by atoms with Gasteiger partial charge in [0, 0.05) is 18.3 Å². The minimum absolute atomic E-state index is 0.448. The molecule has 0 saturated heterocycles. The van der Waals surface area contributed by atoms with Crippen LogP contribution in [0, 0.1) is 0 Å². The molecule has 0 N–H and O–H groups in total. The van der Waals surface area contributed by atoms with Crippen LogP contribution in [0.3, 0.4) is 0 Å². The Morgan fingerprint density at radius 1 is 0.967 bits per heavy atom. The summed E-state index contributed by atoms with van der Waals surface area (Å²) in [4.78, 5) is 6.38. The molecule has 2 rings (SSSR count). The predicted octanol–water partition coefficient (Wildman–Crippen LogP) is 8.24. The predicted molar refractivity (Wildman–Crippen MR) is 134 cm³/mol. The van der Waals surface area contributed by atoms with Crippen LogP contribution in [0.5, 0.6) is 11.6 Å². The molecular formula is C27H42N2O. The SMILES string of the molecule is C=C/C=C\C=C/C.CC.CC.CCC(c1ccc(Oc2ccccn2)cc1)N(C)C. The standard InChI is InChI=1S/C16H20N2O.C7H10.2C2H6/c1-4-15(18(2)3)13-8-10-14(11-9-13)19-16-7-5-6-12-17-16;1-3-5-7-6-4-2;2*1-2/h5-12,15H,4H2,1-3H3;3-7H,1H2,2H3;2*1-2H3/b;6-4-,7-5-;;. The van der Waals surface area contributed by atoms with Gasteiger partial charge in [0.15, 0.2) is 0 Å². The molecule has 3 nitrogen and oxygen atoms in total. The summed E-state index contributed by atoms with van der Waals surface area (Å²) < 4.78 is 5.68. The van der Waals surface area contributed by atoms with Crippen LogP contribution < -0.4 is 4.74 Å². The maximum atomic E-state index is 5.68. The molecular weight excluding hydrogens is 368 g/mol. The lowest BCUT2D eigenvalue weighted by molar-refractivity contribution is 0.292. The van der Waals surface area contributed by atoms with Crippen molar-refractivity contribution in [1.29, 1.82) is 0 Å². The Labute approximate surface area is 185 Å². The van der Waals surface area contributed by atoms with Crippen molar-refractivity contribution in [2.45, 2.75) is 54.0 Å².